The average Bonchev–Trinajstić information content (AvgIpc) is 1.54. The van der Waals surface area contributed by atoms with E-state index in [0.29, 0.717) is 27.9 Å². The average molecular weight is 1520 g/mol. The zero-order valence-electron chi connectivity index (χ0n) is 77.0. The van der Waals surface area contributed by atoms with Crippen molar-refractivity contribution in [3.63, 3.8) is 0 Å². The third-order valence-corrected chi connectivity index (χ3v) is 25.0. The van der Waals surface area contributed by atoms with Crippen LogP contribution in [0.1, 0.15) is 143 Å². The predicted octanol–water partition coefficient (Wildman–Crippen LogP) is 28.4. The second-order valence-electron chi connectivity index (χ2n) is 37.6. The summed E-state index contributed by atoms with van der Waals surface area (Å²) in [6.45, 7) is 33.9. The lowest BCUT2D eigenvalue weighted by Gasteiger charge is -2.44. The van der Waals surface area contributed by atoms with Crippen molar-refractivity contribution in [3.8, 4) is 50.4 Å². The molecule has 0 spiro atoms. The van der Waals surface area contributed by atoms with E-state index in [1.165, 1.54) is 38.6 Å². The SMILES string of the molecule is [2H]c1c([2H])c([2H])c2c(c1[2H])c1c([2H])c([2H])c([2H])c([2H])c1n2-c1cccc2c1oc1c(N3c4cc(-c5ccc(C(C)(C)C)cc5)ccc4B4c5ccc(-n6c7ccc(C(C)(C)C)cc7c7cc(C(C)(C)C)ccc76)cc5N(c5cc(-c6ccccc6)cc(-c6ccccc6)c5)c5cc(-n6c7ccc(C(C)(C)C)cc7c7cc(C(C)(C)C)ccc76)cc3c54)cccc12. The van der Waals surface area contributed by atoms with Crippen molar-refractivity contribution in [3.05, 3.63) is 337 Å². The maximum Gasteiger partial charge on any atom is 0.252 e. The molecule has 2 aliphatic rings. The number of hydrogen-bond acceptors (Lipinski definition) is 3. The van der Waals surface area contributed by atoms with E-state index in [-0.39, 0.29) is 48.9 Å². The fourth-order valence-corrected chi connectivity index (χ4v) is 18.7. The molecule has 0 aliphatic carbocycles. The topological polar surface area (TPSA) is 34.4 Å². The summed E-state index contributed by atoms with van der Waals surface area (Å²) in [5, 5.41) is 6.09. The number of anilines is 6. The standard InChI is InChI=1S/C110H96BN5O/c1-106(2,3)73-43-40-69(41-44-73)70-42-50-89-99(59-70)116(98-39-27-35-84-83-34-26-38-97(104(83)117-105(84)98)115-91-36-24-22-32-81(91)82-33-23-25-37-92(82)115)102-66-80(113-95-54-47-76(109(10,11)12)62-87(95)88-63-77(110(13,14)15)48-55-96(88)113)65-101-103(102)111(89)90-51-49-78(112-93-52-45-74(107(4,5)6)60-85(93)86-61-75(108(7,8)9)46-53-94(86)112)64-100(90)114(101)79-57-71(67-28-18-16-19-29-67)56-72(58-79)68-30-20-17-21-31-68/h16-66H,1-15H3/i22D,23D,24D,25D,32D,33D,36D,37D. The zero-order valence-corrected chi connectivity index (χ0v) is 69.0. The maximum atomic E-state index is 9.71. The highest BCUT2D eigenvalue weighted by Crippen LogP contribution is 2.53. The smallest absolute Gasteiger partial charge is 0.252 e. The van der Waals surface area contributed by atoms with Gasteiger partial charge in [-0.25, -0.2) is 0 Å². The summed E-state index contributed by atoms with van der Waals surface area (Å²) in [6, 6.07) is 93.4. The van der Waals surface area contributed by atoms with Crippen LogP contribution in [0.4, 0.5) is 34.1 Å². The lowest BCUT2D eigenvalue weighted by molar-refractivity contribution is 0.590. The Morgan fingerprint density at radius 1 is 0.248 bits per heavy atom. The molecule has 0 saturated heterocycles. The number of rotatable bonds is 8. The first kappa shape index (κ1) is 63.5. The Balaban J connectivity index is 0.926. The highest BCUT2D eigenvalue weighted by Gasteiger charge is 2.46. The highest BCUT2D eigenvalue weighted by atomic mass is 16.3. The first-order chi connectivity index (χ1) is 59.5. The van der Waals surface area contributed by atoms with Crippen LogP contribution in [0.15, 0.2) is 314 Å². The normalized spacial score (nSPS) is 14.3. The Kier molecular flexibility index (Phi) is 14.0. The van der Waals surface area contributed by atoms with Crippen LogP contribution in [0.2, 0.25) is 0 Å². The second kappa shape index (κ2) is 25.8. The minimum absolute atomic E-state index is 0.00425. The fraction of sp³-hybridized carbons (Fsp3) is 0.182. The van der Waals surface area contributed by atoms with Gasteiger partial charge in [-0.15, -0.1) is 0 Å². The molecule has 0 fully saturated rings. The molecule has 0 unspecified atom stereocenters. The van der Waals surface area contributed by atoms with Gasteiger partial charge >= 0.3 is 0 Å². The van der Waals surface area contributed by atoms with Gasteiger partial charge < -0.3 is 27.9 Å². The van der Waals surface area contributed by atoms with Crippen molar-refractivity contribution in [1.29, 1.82) is 0 Å². The molecule has 0 radical (unpaired) electrons. The molecule has 4 aromatic heterocycles. The second-order valence-corrected chi connectivity index (χ2v) is 37.6. The van der Waals surface area contributed by atoms with Crippen molar-refractivity contribution in [2.45, 2.75) is 131 Å². The molecular weight excluding hydrogens is 1420 g/mol. The lowest BCUT2D eigenvalue weighted by atomic mass is 9.33. The van der Waals surface area contributed by atoms with Gasteiger partial charge in [0.2, 0.25) is 0 Å². The van der Waals surface area contributed by atoms with Gasteiger partial charge in [-0.2, -0.15) is 0 Å². The van der Waals surface area contributed by atoms with Gasteiger partial charge in [-0.1, -0.05) is 292 Å². The van der Waals surface area contributed by atoms with Crippen molar-refractivity contribution in [1.82, 2.24) is 13.7 Å². The van der Waals surface area contributed by atoms with E-state index in [4.69, 9.17) is 7.16 Å². The van der Waals surface area contributed by atoms with E-state index in [1.807, 2.05) is 18.2 Å². The van der Waals surface area contributed by atoms with Gasteiger partial charge in [0, 0.05) is 77.2 Å². The van der Waals surface area contributed by atoms with E-state index < -0.39 is 55.1 Å². The summed E-state index contributed by atoms with van der Waals surface area (Å²) < 4.78 is 89.0. The molecule has 0 atom stereocenters. The molecule has 0 saturated carbocycles. The van der Waals surface area contributed by atoms with Gasteiger partial charge in [0.25, 0.3) is 6.71 Å². The summed E-state index contributed by atoms with van der Waals surface area (Å²) in [6.07, 6.45) is 0. The lowest BCUT2D eigenvalue weighted by Crippen LogP contribution is -2.61. The molecule has 0 bridgehead atoms. The van der Waals surface area contributed by atoms with Crippen LogP contribution >= 0.6 is 0 Å². The largest absolute Gasteiger partial charge is 0.452 e. The van der Waals surface area contributed by atoms with Crippen molar-refractivity contribution in [2.24, 2.45) is 0 Å². The minimum atomic E-state index is -0.513. The van der Waals surface area contributed by atoms with Crippen LogP contribution < -0.4 is 26.2 Å². The Morgan fingerprint density at radius 3 is 1.12 bits per heavy atom. The summed E-state index contributed by atoms with van der Waals surface area (Å²) in [5.74, 6) is 0. The van der Waals surface area contributed by atoms with Crippen LogP contribution in [-0.2, 0) is 27.1 Å². The zero-order chi connectivity index (χ0) is 87.2. The Morgan fingerprint density at radius 2 is 0.641 bits per heavy atom. The molecule has 0 N–H and O–H groups in total. The predicted molar refractivity (Wildman–Crippen MR) is 501 cm³/mol. The molecule has 19 aromatic rings. The first-order valence-electron chi connectivity index (χ1n) is 45.1. The Labute approximate surface area is 697 Å². The van der Waals surface area contributed by atoms with Crippen LogP contribution in [0.25, 0.3) is 138 Å². The molecule has 2 aliphatic heterocycles. The molecule has 7 heteroatoms. The van der Waals surface area contributed by atoms with E-state index in [0.717, 1.165) is 128 Å². The van der Waals surface area contributed by atoms with Gasteiger partial charge in [0.1, 0.15) is 0 Å². The monoisotopic (exact) mass is 1520 g/mol. The van der Waals surface area contributed by atoms with Crippen molar-refractivity contribution in [2.75, 3.05) is 9.80 Å². The van der Waals surface area contributed by atoms with Crippen LogP contribution in [0.3, 0.4) is 0 Å². The number of aromatic nitrogens is 3. The number of hydrogen-bond donors (Lipinski definition) is 0. The Bertz CT molecular complexity index is 7580. The molecule has 0 amide bonds. The first-order valence-corrected chi connectivity index (χ1v) is 41.1. The van der Waals surface area contributed by atoms with Gasteiger partial charge in [0.15, 0.2) is 11.2 Å². The van der Waals surface area contributed by atoms with E-state index in [2.05, 4.69) is 365 Å². The van der Waals surface area contributed by atoms with E-state index >= 15 is 0 Å². The Hall–Kier alpha value is -12.8. The molecule has 570 valence electrons. The van der Waals surface area contributed by atoms with Gasteiger partial charge in [-0.3, -0.25) is 0 Å². The van der Waals surface area contributed by atoms with E-state index in [9.17, 15) is 8.22 Å². The number of nitrogens with zero attached hydrogens (tertiary/aromatic N) is 5. The number of para-hydroxylation sites is 4. The minimum Gasteiger partial charge on any atom is -0.452 e. The number of furan rings is 1. The van der Waals surface area contributed by atoms with Gasteiger partial charge in [-0.05, 0) is 226 Å². The fourth-order valence-electron chi connectivity index (χ4n) is 18.7. The molecule has 6 nitrogen and oxygen atoms in total. The maximum absolute atomic E-state index is 9.71. The van der Waals surface area contributed by atoms with Crippen LogP contribution in [-0.4, -0.2) is 20.4 Å². The number of fused-ring (bicyclic) bond motifs is 16. The summed E-state index contributed by atoms with van der Waals surface area (Å²) in [7, 11) is 0. The summed E-state index contributed by atoms with van der Waals surface area (Å²) in [5.41, 5.74) is 28.0. The number of benzene rings is 15. The summed E-state index contributed by atoms with van der Waals surface area (Å²) >= 11 is 0. The van der Waals surface area contributed by atoms with Crippen LogP contribution in [0, 0.1) is 0 Å². The van der Waals surface area contributed by atoms with Crippen molar-refractivity contribution < 1.29 is 15.4 Å². The molecule has 6 heterocycles. The van der Waals surface area contributed by atoms with E-state index in [1.54, 1.807) is 4.57 Å². The van der Waals surface area contributed by atoms with Gasteiger partial charge in [0.05, 0.1) is 61.1 Å². The molecular formula is C110H96BN5O. The molecule has 117 heavy (non-hydrogen) atoms. The third kappa shape index (κ3) is 11.5. The van der Waals surface area contributed by atoms with Crippen LogP contribution in [0.5, 0.6) is 0 Å². The highest BCUT2D eigenvalue weighted by molar-refractivity contribution is 7.00. The van der Waals surface area contributed by atoms with Crippen molar-refractivity contribution >= 4 is 145 Å². The summed E-state index contributed by atoms with van der Waals surface area (Å²) in [4.78, 5) is 5.01. The molecule has 21 rings (SSSR count). The quantitative estimate of drug-likeness (QED) is 0.142. The third-order valence-electron chi connectivity index (χ3n) is 25.0. The molecule has 15 aromatic carbocycles.